The van der Waals surface area contributed by atoms with Gasteiger partial charge in [-0.25, -0.2) is 4.79 Å². The fourth-order valence-corrected chi connectivity index (χ4v) is 3.44. The second-order valence-corrected chi connectivity index (χ2v) is 6.59. The first kappa shape index (κ1) is 13.8. The Hall–Kier alpha value is -0.650. The Morgan fingerprint density at radius 1 is 1.33 bits per heavy atom. The molecule has 0 aromatic carbocycles. The molecule has 2 aliphatic rings. The number of nitrogens with zero attached hydrogens (tertiary/aromatic N) is 1. The Morgan fingerprint density at radius 3 is 2.28 bits per heavy atom. The summed E-state index contributed by atoms with van der Waals surface area (Å²) >= 11 is 0. The molecule has 1 atom stereocenters. The van der Waals surface area contributed by atoms with Crippen molar-refractivity contribution in [2.45, 2.75) is 70.2 Å². The number of ether oxygens (including phenoxy) is 2. The molecule has 2 rings (SSSR count). The van der Waals surface area contributed by atoms with E-state index in [9.17, 15) is 10.0 Å². The van der Waals surface area contributed by atoms with Crippen LogP contribution in [0, 0.1) is 5.21 Å². The highest BCUT2D eigenvalue weighted by Crippen LogP contribution is 2.55. The number of esters is 1. The minimum atomic E-state index is -0.525. The SMILES string of the molecule is CCOC(=O)C1OC12CC(C)(C)N([O-])C(C)(C)C2. The van der Waals surface area contributed by atoms with E-state index in [-0.39, 0.29) is 5.97 Å². The molecular formula is C13H22NO4-. The van der Waals surface area contributed by atoms with Crippen molar-refractivity contribution in [2.24, 2.45) is 0 Å². The maximum Gasteiger partial charge on any atom is 0.338 e. The van der Waals surface area contributed by atoms with E-state index in [0.717, 1.165) is 5.06 Å². The van der Waals surface area contributed by atoms with Crippen LogP contribution in [0.1, 0.15) is 47.5 Å². The normalized spacial score (nSPS) is 32.2. The van der Waals surface area contributed by atoms with Gasteiger partial charge in [-0.3, -0.25) is 0 Å². The number of hydrogen-bond acceptors (Lipinski definition) is 5. The van der Waals surface area contributed by atoms with Crippen LogP contribution in [0.2, 0.25) is 0 Å². The highest BCUT2D eigenvalue weighted by atomic mass is 16.7. The summed E-state index contributed by atoms with van der Waals surface area (Å²) in [4.78, 5) is 11.7. The van der Waals surface area contributed by atoms with Gasteiger partial charge in [-0.15, -0.1) is 0 Å². The maximum atomic E-state index is 12.2. The molecule has 0 amide bonds. The predicted molar refractivity (Wildman–Crippen MR) is 66.8 cm³/mol. The molecule has 0 radical (unpaired) electrons. The Kier molecular flexibility index (Phi) is 3.00. The first-order valence-corrected chi connectivity index (χ1v) is 6.47. The number of piperidine rings is 1. The van der Waals surface area contributed by atoms with Crippen LogP contribution in [0.25, 0.3) is 0 Å². The summed E-state index contributed by atoms with van der Waals surface area (Å²) in [6.45, 7) is 9.72. The Morgan fingerprint density at radius 2 is 1.83 bits per heavy atom. The van der Waals surface area contributed by atoms with E-state index in [1.165, 1.54) is 0 Å². The van der Waals surface area contributed by atoms with Gasteiger partial charge in [0.2, 0.25) is 0 Å². The van der Waals surface area contributed by atoms with Crippen molar-refractivity contribution in [1.29, 1.82) is 0 Å². The Balaban J connectivity index is 2.16. The van der Waals surface area contributed by atoms with Crippen LogP contribution < -0.4 is 0 Å². The highest BCUT2D eigenvalue weighted by Gasteiger charge is 2.67. The number of carbonyl (C=O) groups excluding carboxylic acids is 1. The molecule has 0 saturated carbocycles. The van der Waals surface area contributed by atoms with Gasteiger partial charge < -0.3 is 19.7 Å². The van der Waals surface area contributed by atoms with E-state index < -0.39 is 22.8 Å². The largest absolute Gasteiger partial charge is 0.784 e. The average molecular weight is 256 g/mol. The van der Waals surface area contributed by atoms with Crippen LogP contribution in [-0.4, -0.2) is 40.4 Å². The average Bonchev–Trinajstić information content (AvgIpc) is 2.87. The summed E-state index contributed by atoms with van der Waals surface area (Å²) in [5, 5.41) is 13.4. The van der Waals surface area contributed by atoms with Crippen molar-refractivity contribution < 1.29 is 14.3 Å². The van der Waals surface area contributed by atoms with Crippen LogP contribution in [0.5, 0.6) is 0 Å². The smallest absolute Gasteiger partial charge is 0.338 e. The summed E-state index contributed by atoms with van der Waals surface area (Å²) < 4.78 is 10.6. The fraction of sp³-hybridized carbons (Fsp3) is 0.923. The van der Waals surface area contributed by atoms with Gasteiger partial charge in [0.1, 0.15) is 5.60 Å². The van der Waals surface area contributed by atoms with E-state index in [1.807, 2.05) is 27.7 Å². The zero-order valence-electron chi connectivity index (χ0n) is 11.8. The number of carbonyl (C=O) groups is 1. The van der Waals surface area contributed by atoms with Crippen molar-refractivity contribution in [2.75, 3.05) is 6.61 Å². The lowest BCUT2D eigenvalue weighted by Gasteiger charge is -2.59. The van der Waals surface area contributed by atoms with Crippen molar-refractivity contribution in [3.8, 4) is 0 Å². The molecule has 0 bridgehead atoms. The minimum absolute atomic E-state index is 0.302. The lowest BCUT2D eigenvalue weighted by atomic mass is 9.73. The zero-order chi connectivity index (χ0) is 13.8. The Labute approximate surface area is 108 Å². The summed E-state index contributed by atoms with van der Waals surface area (Å²) in [6, 6.07) is 0. The Bertz CT molecular complexity index is 346. The topological polar surface area (TPSA) is 65.1 Å². The molecule has 0 aliphatic carbocycles. The van der Waals surface area contributed by atoms with Crippen molar-refractivity contribution in [3.63, 3.8) is 0 Å². The molecule has 5 nitrogen and oxygen atoms in total. The molecule has 1 spiro atoms. The van der Waals surface area contributed by atoms with E-state index >= 15 is 0 Å². The molecule has 18 heavy (non-hydrogen) atoms. The van der Waals surface area contributed by atoms with Crippen LogP contribution in [-0.2, 0) is 14.3 Å². The molecule has 0 aromatic rings. The van der Waals surface area contributed by atoms with Crippen LogP contribution in [0.3, 0.4) is 0 Å². The number of hydroxylamine groups is 2. The summed E-state index contributed by atoms with van der Waals surface area (Å²) in [6.07, 6.45) is 0.636. The van der Waals surface area contributed by atoms with Crippen LogP contribution in [0.15, 0.2) is 0 Å². The lowest BCUT2D eigenvalue weighted by Crippen LogP contribution is -2.60. The van der Waals surface area contributed by atoms with Gasteiger partial charge in [-0.1, -0.05) is 0 Å². The third-order valence-corrected chi connectivity index (χ3v) is 3.84. The molecule has 2 fully saturated rings. The molecule has 2 saturated heterocycles. The van der Waals surface area contributed by atoms with Crippen molar-refractivity contribution >= 4 is 5.97 Å². The number of epoxide rings is 1. The second-order valence-electron chi connectivity index (χ2n) is 6.59. The second kappa shape index (κ2) is 3.92. The van der Waals surface area contributed by atoms with Gasteiger partial charge in [0, 0.05) is 11.1 Å². The standard InChI is InChI=1S/C13H22NO4/c1-6-17-10(15)9-13(18-9)7-11(2,3)14(16)12(4,5)8-13/h9H,6-8H2,1-5H3/q-1. The fourth-order valence-electron chi connectivity index (χ4n) is 3.44. The van der Waals surface area contributed by atoms with Gasteiger partial charge >= 0.3 is 5.97 Å². The summed E-state index contributed by atoms with van der Waals surface area (Å²) in [5.74, 6) is -0.302. The molecule has 1 unspecified atom stereocenters. The first-order valence-electron chi connectivity index (χ1n) is 6.47. The van der Waals surface area contributed by atoms with Gasteiger partial charge in [0.25, 0.3) is 0 Å². The quantitative estimate of drug-likeness (QED) is 0.557. The summed E-state index contributed by atoms with van der Waals surface area (Å²) in [5.41, 5.74) is -1.55. The summed E-state index contributed by atoms with van der Waals surface area (Å²) in [7, 11) is 0. The van der Waals surface area contributed by atoms with Crippen LogP contribution in [0.4, 0.5) is 0 Å². The molecular weight excluding hydrogens is 234 g/mol. The molecule has 104 valence electrons. The van der Waals surface area contributed by atoms with Gasteiger partial charge in [-0.05, 0) is 47.5 Å². The van der Waals surface area contributed by atoms with E-state index in [1.54, 1.807) is 6.92 Å². The van der Waals surface area contributed by atoms with Crippen LogP contribution >= 0.6 is 0 Å². The van der Waals surface area contributed by atoms with Gasteiger partial charge in [-0.2, -0.15) is 0 Å². The molecule has 0 N–H and O–H groups in total. The third-order valence-electron chi connectivity index (χ3n) is 3.84. The van der Waals surface area contributed by atoms with E-state index in [0.29, 0.717) is 19.4 Å². The predicted octanol–water partition coefficient (Wildman–Crippen LogP) is 1.84. The van der Waals surface area contributed by atoms with Crippen molar-refractivity contribution in [1.82, 2.24) is 5.06 Å². The first-order chi connectivity index (χ1) is 8.15. The third kappa shape index (κ3) is 2.04. The van der Waals surface area contributed by atoms with E-state index in [2.05, 4.69) is 0 Å². The van der Waals surface area contributed by atoms with Gasteiger partial charge in [0.15, 0.2) is 6.10 Å². The maximum absolute atomic E-state index is 12.2. The van der Waals surface area contributed by atoms with E-state index in [4.69, 9.17) is 9.47 Å². The number of hydrogen-bond donors (Lipinski definition) is 0. The number of rotatable bonds is 2. The highest BCUT2D eigenvalue weighted by molar-refractivity contribution is 5.79. The minimum Gasteiger partial charge on any atom is -0.784 e. The van der Waals surface area contributed by atoms with Gasteiger partial charge in [0.05, 0.1) is 6.61 Å². The zero-order valence-corrected chi connectivity index (χ0v) is 11.8. The lowest BCUT2D eigenvalue weighted by molar-refractivity contribution is -0.144. The molecule has 2 aliphatic heterocycles. The molecule has 5 heteroatoms. The molecule has 0 aromatic heterocycles. The molecule has 2 heterocycles. The van der Waals surface area contributed by atoms with Crippen molar-refractivity contribution in [3.05, 3.63) is 5.21 Å². The monoisotopic (exact) mass is 256 g/mol.